The van der Waals surface area contributed by atoms with Gasteiger partial charge in [-0.15, -0.1) is 5.92 Å². The fourth-order valence-corrected chi connectivity index (χ4v) is 7.14. The number of hydrogen-bond donors (Lipinski definition) is 4. The summed E-state index contributed by atoms with van der Waals surface area (Å²) < 4.78 is 4.64. The first-order chi connectivity index (χ1) is 23.8. The average molecular weight is 722 g/mol. The Kier molecular flexibility index (Phi) is 19.6. The predicted molar refractivity (Wildman–Crippen MR) is 205 cm³/mol. The van der Waals surface area contributed by atoms with Crippen LogP contribution in [0.4, 0.5) is 4.79 Å². The highest BCUT2D eigenvalue weighted by molar-refractivity contribution is 9.09. The molecule has 1 aliphatic carbocycles. The molecule has 9 nitrogen and oxygen atoms in total. The van der Waals surface area contributed by atoms with Crippen LogP contribution < -0.4 is 5.32 Å². The van der Waals surface area contributed by atoms with Gasteiger partial charge in [0.25, 0.3) is 0 Å². The van der Waals surface area contributed by atoms with Crippen LogP contribution >= 0.6 is 31.4 Å². The second-order valence-corrected chi connectivity index (χ2v) is 14.3. The van der Waals surface area contributed by atoms with Crippen LogP contribution in [0, 0.1) is 23.7 Å². The fourth-order valence-electron chi connectivity index (χ4n) is 4.69. The molecule has 4 N–H and O–H groups in total. The average Bonchev–Trinajstić information content (AvgIpc) is 3.49. The molecule has 1 aliphatic rings. The summed E-state index contributed by atoms with van der Waals surface area (Å²) in [4.78, 5) is 43.6. The van der Waals surface area contributed by atoms with Gasteiger partial charge in [-0.25, -0.2) is 4.79 Å². The van der Waals surface area contributed by atoms with Crippen molar-refractivity contribution < 1.29 is 29.3 Å². The third kappa shape index (κ3) is 13.1. The van der Waals surface area contributed by atoms with Crippen LogP contribution in [0.3, 0.4) is 0 Å². The summed E-state index contributed by atoms with van der Waals surface area (Å²) in [6.45, 7) is 5.85. The number of methoxy groups -OCH3 is 1. The lowest BCUT2D eigenvalue weighted by Crippen LogP contribution is -2.31. The van der Waals surface area contributed by atoms with Crippen LogP contribution in [0.5, 0.6) is 5.75 Å². The second-order valence-electron chi connectivity index (χ2n) is 9.91. The van der Waals surface area contributed by atoms with Gasteiger partial charge in [-0.05, 0) is 89.8 Å². The first-order valence-corrected chi connectivity index (χ1v) is 19.8. The van der Waals surface area contributed by atoms with E-state index in [1.807, 2.05) is 26.2 Å². The van der Waals surface area contributed by atoms with E-state index in [1.165, 1.54) is 7.11 Å². The fraction of sp³-hybridized carbons (Fsp3) is 0.351. The number of Topliss-reactive ketones (excluding diaryl/α,β-unsaturated/α-hetero) is 2. The van der Waals surface area contributed by atoms with Crippen molar-refractivity contribution in [2.75, 3.05) is 25.7 Å². The Morgan fingerprint density at radius 3 is 2.61 bits per heavy atom. The van der Waals surface area contributed by atoms with Crippen molar-refractivity contribution in [3.63, 3.8) is 0 Å². The molecule has 0 radical (unpaired) electrons. The number of nitrogens with zero attached hydrogens (tertiary/aromatic N) is 1. The van der Waals surface area contributed by atoms with Gasteiger partial charge in [0.15, 0.2) is 11.6 Å². The number of phenols is 1. The minimum absolute atomic E-state index is 0.0372. The number of carbonyl (C=O) groups is 3. The molecule has 3 aromatic rings. The number of alkyl carbamates (subject to hydrolysis) is 1. The zero-order valence-electron chi connectivity index (χ0n) is 28.5. The number of hydrogen-bond acceptors (Lipinski definition) is 10. The van der Waals surface area contributed by atoms with Crippen molar-refractivity contribution in [1.29, 1.82) is 0 Å². The monoisotopic (exact) mass is 721 g/mol. The Hall–Kier alpha value is -4.07. The van der Waals surface area contributed by atoms with E-state index >= 15 is 0 Å². The van der Waals surface area contributed by atoms with Gasteiger partial charge in [-0.1, -0.05) is 59.3 Å². The molecule has 0 atom stereocenters. The van der Waals surface area contributed by atoms with E-state index in [4.69, 9.17) is 5.11 Å². The molecule has 0 saturated heterocycles. The largest absolute Gasteiger partial charge is 0.508 e. The molecule has 2 heterocycles. The Morgan fingerprint density at radius 2 is 1.90 bits per heavy atom. The number of carbonyl (C=O) groups excluding carboxylic acids is 3. The number of pyridine rings is 1. The second kappa shape index (κ2) is 23.3. The molecular formula is C37H43N3O6S3. The van der Waals surface area contributed by atoms with Crippen molar-refractivity contribution in [2.45, 2.75) is 59.3 Å². The lowest BCUT2D eigenvalue weighted by atomic mass is 9.88. The van der Waals surface area contributed by atoms with Crippen LogP contribution in [-0.2, 0) is 9.53 Å². The number of phenolic OH excluding ortho intramolecular Hbond substituents is 1. The number of unbranched alkanes of at least 4 members (excludes halogenated alkanes) is 1. The normalized spacial score (nSPS) is 13.1. The molecule has 1 amide bonds. The molecule has 260 valence electrons. The maximum absolute atomic E-state index is 12.3. The summed E-state index contributed by atoms with van der Waals surface area (Å²) in [5.41, 5.74) is 4.10. The quantitative estimate of drug-likeness (QED) is 0.0661. The van der Waals surface area contributed by atoms with Crippen LogP contribution in [0.25, 0.3) is 21.8 Å². The summed E-state index contributed by atoms with van der Waals surface area (Å²) in [7, 11) is 6.40. The number of aliphatic hydroxyl groups is 1. The highest BCUT2D eigenvalue weighted by atomic mass is 33.5. The van der Waals surface area contributed by atoms with Crippen LogP contribution in [0.1, 0.15) is 69.8 Å². The van der Waals surface area contributed by atoms with Crippen LogP contribution in [0.15, 0.2) is 65.5 Å². The molecule has 4 rings (SSSR count). The molecular weight excluding hydrogens is 679 g/mol. The Labute approximate surface area is 300 Å². The standard InChI is InChI=1S/C19H21NO3S3.C16H16N2O3.C2H6/c1-4-5-6-7-8-9-10-16-15(13-14-25-26-24-3)11-12-17(21)18(16)20-19(22)23-2;19-8-2-1-3-14(21)16-15-11(6-7-17-16)12-9-10(20)4-5-13(12)18-15;1-2/h6-7,13H,10-12,14H2,1-3H3,(H,20,22);4-7,9,18-20H,1-3,8H2;1-2H3/b7-6-,15-13-;;. The highest BCUT2D eigenvalue weighted by Gasteiger charge is 2.25. The molecule has 0 aliphatic heterocycles. The number of fused-ring (bicyclic) bond motifs is 3. The molecule has 12 heteroatoms. The van der Waals surface area contributed by atoms with Crippen LogP contribution in [-0.4, -0.2) is 63.6 Å². The van der Waals surface area contributed by atoms with Gasteiger partial charge in [0.1, 0.15) is 11.4 Å². The first-order valence-electron chi connectivity index (χ1n) is 15.8. The molecule has 0 unspecified atom stereocenters. The van der Waals surface area contributed by atoms with E-state index in [2.05, 4.69) is 49.8 Å². The van der Waals surface area contributed by atoms with Crippen LogP contribution in [0.2, 0.25) is 0 Å². The zero-order chi connectivity index (χ0) is 36.0. The first kappa shape index (κ1) is 41.1. The summed E-state index contributed by atoms with van der Waals surface area (Å²) in [5.74, 6) is 12.4. The van der Waals surface area contributed by atoms with Gasteiger partial charge in [0.05, 0.1) is 18.3 Å². The molecule has 0 spiro atoms. The van der Waals surface area contributed by atoms with Crippen molar-refractivity contribution in [3.8, 4) is 29.4 Å². The van der Waals surface area contributed by atoms with Gasteiger partial charge in [-0.2, -0.15) is 0 Å². The third-order valence-corrected chi connectivity index (χ3v) is 10.6. The summed E-state index contributed by atoms with van der Waals surface area (Å²) in [5, 5.41) is 22.7. The van der Waals surface area contributed by atoms with Crippen molar-refractivity contribution >= 4 is 70.9 Å². The number of amides is 1. The maximum Gasteiger partial charge on any atom is 0.411 e. The Morgan fingerprint density at radius 1 is 1.12 bits per heavy atom. The van der Waals surface area contributed by atoms with E-state index in [9.17, 15) is 19.5 Å². The predicted octanol–water partition coefficient (Wildman–Crippen LogP) is 8.31. The van der Waals surface area contributed by atoms with E-state index in [1.54, 1.807) is 74.9 Å². The molecule has 49 heavy (non-hydrogen) atoms. The number of ether oxygens (including phenoxy) is 1. The number of aromatic amines is 1. The number of aromatic hydroxyl groups is 1. The number of aromatic nitrogens is 2. The van der Waals surface area contributed by atoms with Gasteiger partial charge < -0.3 is 19.9 Å². The topological polar surface area (TPSA) is 142 Å². The number of benzene rings is 1. The van der Waals surface area contributed by atoms with Gasteiger partial charge in [0.2, 0.25) is 0 Å². The Bertz CT molecular complexity index is 1810. The van der Waals surface area contributed by atoms with Gasteiger partial charge in [0, 0.05) is 54.1 Å². The minimum Gasteiger partial charge on any atom is -0.508 e. The number of ketones is 2. The van der Waals surface area contributed by atoms with E-state index < -0.39 is 6.09 Å². The molecule has 2 aromatic heterocycles. The van der Waals surface area contributed by atoms with E-state index in [-0.39, 0.29) is 23.9 Å². The number of aliphatic hydroxyl groups excluding tert-OH is 1. The van der Waals surface area contributed by atoms with Crippen molar-refractivity contribution in [3.05, 3.63) is 71.2 Å². The summed E-state index contributed by atoms with van der Waals surface area (Å²) in [6.07, 6.45) is 11.5. The number of rotatable bonds is 11. The number of H-pyrrole nitrogens is 1. The smallest absolute Gasteiger partial charge is 0.411 e. The summed E-state index contributed by atoms with van der Waals surface area (Å²) in [6, 6.07) is 6.89. The molecule has 0 bridgehead atoms. The lowest BCUT2D eigenvalue weighted by molar-refractivity contribution is -0.116. The highest BCUT2D eigenvalue weighted by Crippen LogP contribution is 2.34. The molecule has 0 fully saturated rings. The van der Waals surface area contributed by atoms with Crippen molar-refractivity contribution in [1.82, 2.24) is 15.3 Å². The number of nitrogens with one attached hydrogen (secondary N) is 2. The minimum atomic E-state index is -0.648. The van der Waals surface area contributed by atoms with Gasteiger partial charge >= 0.3 is 6.09 Å². The third-order valence-electron chi connectivity index (χ3n) is 6.86. The lowest BCUT2D eigenvalue weighted by Gasteiger charge is -2.21. The zero-order valence-corrected chi connectivity index (χ0v) is 30.9. The molecule has 0 saturated carbocycles. The van der Waals surface area contributed by atoms with E-state index in [0.717, 1.165) is 33.2 Å². The van der Waals surface area contributed by atoms with Gasteiger partial charge in [-0.3, -0.25) is 19.9 Å². The van der Waals surface area contributed by atoms with E-state index in [0.29, 0.717) is 55.4 Å². The van der Waals surface area contributed by atoms with Crippen molar-refractivity contribution in [2.24, 2.45) is 0 Å². The number of allylic oxidation sites excluding steroid dienone is 5. The maximum atomic E-state index is 12.3. The summed E-state index contributed by atoms with van der Waals surface area (Å²) >= 11 is 0. The SMILES string of the molecule is CC.CC#C/C=C\C#CCC1=C(NC(=O)OC)C(=O)CC/C1=C/CSSSC.O=C(CCCCO)c1nccc2c1[nH]c1ccc(O)cc12. The molecule has 1 aromatic carbocycles. The Balaban J connectivity index is 0.000000329.